The van der Waals surface area contributed by atoms with E-state index < -0.39 is 6.10 Å². The molecule has 0 bridgehead atoms. The smallest absolute Gasteiger partial charge is 0.125 e. The van der Waals surface area contributed by atoms with Crippen molar-refractivity contribution in [3.05, 3.63) is 29.8 Å². The lowest BCUT2D eigenvalue weighted by atomic mass is 10.1. The highest BCUT2D eigenvalue weighted by Crippen LogP contribution is 2.27. The van der Waals surface area contributed by atoms with Gasteiger partial charge >= 0.3 is 0 Å². The quantitative estimate of drug-likeness (QED) is 0.832. The molecule has 1 aromatic carbocycles. The summed E-state index contributed by atoms with van der Waals surface area (Å²) in [6.45, 7) is 2.03. The van der Waals surface area contributed by atoms with Crippen LogP contribution in [0.1, 0.15) is 24.5 Å². The van der Waals surface area contributed by atoms with Gasteiger partial charge in [0, 0.05) is 24.9 Å². The van der Waals surface area contributed by atoms with Crippen molar-refractivity contribution >= 4 is 0 Å². The van der Waals surface area contributed by atoms with Crippen molar-refractivity contribution in [3.63, 3.8) is 0 Å². The number of likely N-dealkylation sites (N-methyl/N-ethyl adjacent to an activating group) is 1. The molecule has 0 aromatic heterocycles. The molecule has 1 unspecified atom stereocenters. The lowest BCUT2D eigenvalue weighted by molar-refractivity contribution is 0.0241. The van der Waals surface area contributed by atoms with Gasteiger partial charge in [-0.2, -0.15) is 0 Å². The Balaban J connectivity index is 2.06. The van der Waals surface area contributed by atoms with E-state index in [0.29, 0.717) is 6.54 Å². The summed E-state index contributed by atoms with van der Waals surface area (Å²) >= 11 is 0. The Morgan fingerprint density at radius 1 is 1.39 bits per heavy atom. The van der Waals surface area contributed by atoms with Crippen molar-refractivity contribution in [2.24, 2.45) is 0 Å². The van der Waals surface area contributed by atoms with Crippen molar-refractivity contribution in [2.75, 3.05) is 26.8 Å². The Hall–Kier alpha value is -1.10. The molecule has 4 heteroatoms. The molecule has 1 saturated heterocycles. The molecule has 0 spiro atoms. The van der Waals surface area contributed by atoms with Gasteiger partial charge in [-0.05, 0) is 13.1 Å². The number of aliphatic hydroxyl groups is 1. The van der Waals surface area contributed by atoms with Gasteiger partial charge in [0.05, 0.1) is 19.3 Å². The van der Waals surface area contributed by atoms with Crippen LogP contribution in [0.4, 0.5) is 0 Å². The molecule has 2 N–H and O–H groups in total. The molecule has 0 saturated carbocycles. The monoisotopic (exact) mass is 251 g/mol. The van der Waals surface area contributed by atoms with Gasteiger partial charge in [-0.1, -0.05) is 18.2 Å². The number of hydrogen-bond acceptors (Lipinski definition) is 4. The number of hydrogen-bond donors (Lipinski definition) is 2. The molecule has 100 valence electrons. The zero-order valence-electron chi connectivity index (χ0n) is 10.8. The number of rotatable bonds is 5. The maximum atomic E-state index is 10.1. The van der Waals surface area contributed by atoms with Crippen LogP contribution in [0.3, 0.4) is 0 Å². The van der Waals surface area contributed by atoms with Gasteiger partial charge in [0.15, 0.2) is 0 Å². The van der Waals surface area contributed by atoms with Gasteiger partial charge in [0.25, 0.3) is 0 Å². The molecule has 1 atom stereocenters. The number of aliphatic hydroxyl groups excluding tert-OH is 1. The van der Waals surface area contributed by atoms with Crippen molar-refractivity contribution in [2.45, 2.75) is 25.0 Å². The summed E-state index contributed by atoms with van der Waals surface area (Å²) in [4.78, 5) is 0. The van der Waals surface area contributed by atoms with Crippen LogP contribution in [0.5, 0.6) is 5.75 Å². The highest BCUT2D eigenvalue weighted by atomic mass is 16.5. The SMILES string of the molecule is CNCC(O)c1ccccc1OC1CCOCC1. The fourth-order valence-electron chi connectivity index (χ4n) is 2.14. The lowest BCUT2D eigenvalue weighted by Gasteiger charge is -2.25. The third-order valence-corrected chi connectivity index (χ3v) is 3.14. The van der Waals surface area contributed by atoms with Crippen molar-refractivity contribution in [1.29, 1.82) is 0 Å². The number of para-hydroxylation sites is 1. The average molecular weight is 251 g/mol. The Morgan fingerprint density at radius 3 is 2.83 bits per heavy atom. The van der Waals surface area contributed by atoms with E-state index in [1.165, 1.54) is 0 Å². The van der Waals surface area contributed by atoms with E-state index in [-0.39, 0.29) is 6.10 Å². The van der Waals surface area contributed by atoms with Gasteiger partial charge in [0.1, 0.15) is 11.9 Å². The molecule has 2 rings (SSSR count). The highest BCUT2D eigenvalue weighted by Gasteiger charge is 2.18. The largest absolute Gasteiger partial charge is 0.490 e. The molecule has 0 amide bonds. The summed E-state index contributed by atoms with van der Waals surface area (Å²) < 4.78 is 11.3. The molecule has 0 radical (unpaired) electrons. The van der Waals surface area contributed by atoms with E-state index in [2.05, 4.69) is 5.32 Å². The van der Waals surface area contributed by atoms with Gasteiger partial charge in [0.2, 0.25) is 0 Å². The minimum absolute atomic E-state index is 0.196. The van der Waals surface area contributed by atoms with E-state index in [1.54, 1.807) is 0 Å². The van der Waals surface area contributed by atoms with Crippen molar-refractivity contribution in [3.8, 4) is 5.75 Å². The first-order valence-corrected chi connectivity index (χ1v) is 6.47. The fraction of sp³-hybridized carbons (Fsp3) is 0.571. The van der Waals surface area contributed by atoms with Crippen LogP contribution in [0.25, 0.3) is 0 Å². The fourth-order valence-corrected chi connectivity index (χ4v) is 2.14. The maximum absolute atomic E-state index is 10.1. The molecule has 0 aliphatic carbocycles. The molecular weight excluding hydrogens is 230 g/mol. The number of ether oxygens (including phenoxy) is 2. The standard InChI is InChI=1S/C14H21NO3/c1-15-10-13(16)12-4-2-3-5-14(12)18-11-6-8-17-9-7-11/h2-5,11,13,15-16H,6-10H2,1H3. The highest BCUT2D eigenvalue weighted by molar-refractivity contribution is 5.35. The average Bonchev–Trinajstić information content (AvgIpc) is 2.41. The third-order valence-electron chi connectivity index (χ3n) is 3.14. The topological polar surface area (TPSA) is 50.7 Å². The molecule has 1 heterocycles. The van der Waals surface area contributed by atoms with Crippen LogP contribution in [0.2, 0.25) is 0 Å². The normalized spacial score (nSPS) is 18.6. The summed E-state index contributed by atoms with van der Waals surface area (Å²) in [7, 11) is 1.82. The number of nitrogens with one attached hydrogen (secondary N) is 1. The lowest BCUT2D eigenvalue weighted by Crippen LogP contribution is -2.27. The second-order valence-electron chi connectivity index (χ2n) is 4.54. The zero-order valence-corrected chi connectivity index (χ0v) is 10.8. The first-order valence-electron chi connectivity index (χ1n) is 6.47. The van der Waals surface area contributed by atoms with Gasteiger partial charge in [-0.3, -0.25) is 0 Å². The van der Waals surface area contributed by atoms with E-state index in [1.807, 2.05) is 31.3 Å². The summed E-state index contributed by atoms with van der Waals surface area (Å²) in [5.74, 6) is 0.784. The van der Waals surface area contributed by atoms with Crippen LogP contribution in [-0.2, 0) is 4.74 Å². The molecule has 1 aliphatic heterocycles. The van der Waals surface area contributed by atoms with Gasteiger partial charge < -0.3 is 19.9 Å². The molecule has 18 heavy (non-hydrogen) atoms. The van der Waals surface area contributed by atoms with Crippen LogP contribution in [0.15, 0.2) is 24.3 Å². The zero-order chi connectivity index (χ0) is 12.8. The summed E-state index contributed by atoms with van der Waals surface area (Å²) in [6, 6.07) is 7.69. The summed E-state index contributed by atoms with van der Waals surface area (Å²) in [6.07, 6.45) is 1.49. The number of benzene rings is 1. The molecule has 1 aromatic rings. The summed E-state index contributed by atoms with van der Waals surface area (Å²) in [5, 5.41) is 13.0. The van der Waals surface area contributed by atoms with Crippen LogP contribution in [-0.4, -0.2) is 38.0 Å². The van der Waals surface area contributed by atoms with Crippen LogP contribution in [0, 0.1) is 0 Å². The Bertz CT molecular complexity index is 364. The van der Waals surface area contributed by atoms with Crippen LogP contribution < -0.4 is 10.1 Å². The van der Waals surface area contributed by atoms with Crippen LogP contribution >= 0.6 is 0 Å². The maximum Gasteiger partial charge on any atom is 0.125 e. The predicted molar refractivity (Wildman–Crippen MR) is 69.8 cm³/mol. The van der Waals surface area contributed by atoms with Gasteiger partial charge in [-0.15, -0.1) is 0 Å². The molecule has 4 nitrogen and oxygen atoms in total. The first-order chi connectivity index (χ1) is 8.81. The second kappa shape index (κ2) is 6.73. The van der Waals surface area contributed by atoms with Gasteiger partial charge in [-0.25, -0.2) is 0 Å². The van der Waals surface area contributed by atoms with E-state index in [4.69, 9.17) is 9.47 Å². The summed E-state index contributed by atoms with van der Waals surface area (Å²) in [5.41, 5.74) is 0.846. The minimum atomic E-state index is -0.536. The Kier molecular flexibility index (Phi) is 4.99. The Labute approximate surface area is 108 Å². The second-order valence-corrected chi connectivity index (χ2v) is 4.54. The minimum Gasteiger partial charge on any atom is -0.490 e. The van der Waals surface area contributed by atoms with Crippen molar-refractivity contribution in [1.82, 2.24) is 5.32 Å². The first kappa shape index (κ1) is 13.3. The predicted octanol–water partition coefficient (Wildman–Crippen LogP) is 1.50. The van der Waals surface area contributed by atoms with E-state index in [0.717, 1.165) is 37.4 Å². The molecule has 1 fully saturated rings. The molecule has 1 aliphatic rings. The Morgan fingerprint density at radius 2 is 2.11 bits per heavy atom. The van der Waals surface area contributed by atoms with Crippen molar-refractivity contribution < 1.29 is 14.6 Å². The van der Waals surface area contributed by atoms with E-state index >= 15 is 0 Å². The third kappa shape index (κ3) is 3.45. The van der Waals surface area contributed by atoms with E-state index in [9.17, 15) is 5.11 Å². The molecular formula is C14H21NO3.